The summed E-state index contributed by atoms with van der Waals surface area (Å²) >= 11 is 11.8. The molecule has 18 heavy (non-hydrogen) atoms. The van der Waals surface area contributed by atoms with Crippen molar-refractivity contribution in [2.45, 2.75) is 19.3 Å². The molecule has 0 unspecified atom stereocenters. The Bertz CT molecular complexity index is 449. The van der Waals surface area contributed by atoms with Gasteiger partial charge in [-0.15, -0.1) is 0 Å². The molecule has 0 spiro atoms. The number of nitrogens with one attached hydrogen (secondary N) is 1. The highest BCUT2D eigenvalue weighted by Crippen LogP contribution is 2.26. The zero-order valence-corrected chi connectivity index (χ0v) is 11.1. The Morgan fingerprint density at radius 2 is 1.94 bits per heavy atom. The summed E-state index contributed by atoms with van der Waals surface area (Å²) in [5.74, 6) is -1.14. The summed E-state index contributed by atoms with van der Waals surface area (Å²) in [6, 6.07) is 5.25. The van der Waals surface area contributed by atoms with Crippen LogP contribution in [0.3, 0.4) is 0 Å². The van der Waals surface area contributed by atoms with Gasteiger partial charge in [0.1, 0.15) is 0 Å². The summed E-state index contributed by atoms with van der Waals surface area (Å²) in [5.41, 5.74) is 0.803. The van der Waals surface area contributed by atoms with Crippen molar-refractivity contribution in [1.82, 2.24) is 5.32 Å². The van der Waals surface area contributed by atoms with E-state index in [9.17, 15) is 9.59 Å². The Kier molecular flexibility index (Phi) is 5.95. The van der Waals surface area contributed by atoms with Gasteiger partial charge in [0.2, 0.25) is 5.91 Å². The van der Waals surface area contributed by atoms with Gasteiger partial charge in [-0.2, -0.15) is 0 Å². The number of benzene rings is 1. The van der Waals surface area contributed by atoms with Crippen molar-refractivity contribution in [2.24, 2.45) is 0 Å². The number of amides is 1. The lowest BCUT2D eigenvalue weighted by molar-refractivity contribution is -0.136. The van der Waals surface area contributed by atoms with Gasteiger partial charge in [0.25, 0.3) is 0 Å². The van der Waals surface area contributed by atoms with Crippen LogP contribution in [0.4, 0.5) is 0 Å². The zero-order valence-electron chi connectivity index (χ0n) is 9.58. The van der Waals surface area contributed by atoms with Crippen LogP contribution in [0, 0.1) is 0 Å². The molecule has 2 N–H and O–H groups in total. The van der Waals surface area contributed by atoms with E-state index in [1.165, 1.54) is 0 Å². The molecule has 0 saturated carbocycles. The third-order valence-corrected chi connectivity index (χ3v) is 3.17. The van der Waals surface area contributed by atoms with E-state index < -0.39 is 5.97 Å². The van der Waals surface area contributed by atoms with Crippen molar-refractivity contribution in [3.8, 4) is 0 Å². The van der Waals surface area contributed by atoms with Crippen molar-refractivity contribution >= 4 is 35.1 Å². The Morgan fingerprint density at radius 1 is 1.22 bits per heavy atom. The van der Waals surface area contributed by atoms with Crippen molar-refractivity contribution in [3.05, 3.63) is 33.8 Å². The molecule has 0 aliphatic rings. The summed E-state index contributed by atoms with van der Waals surface area (Å²) in [5, 5.41) is 11.9. The van der Waals surface area contributed by atoms with Crippen LogP contribution in [0.2, 0.25) is 10.0 Å². The Balaban J connectivity index is 2.38. The first kappa shape index (κ1) is 14.8. The van der Waals surface area contributed by atoms with Gasteiger partial charge >= 0.3 is 5.97 Å². The topological polar surface area (TPSA) is 66.4 Å². The third-order valence-electron chi connectivity index (χ3n) is 2.31. The Hall–Kier alpha value is -1.26. The molecule has 0 aliphatic carbocycles. The fraction of sp³-hybridized carbons (Fsp3) is 0.333. The van der Waals surface area contributed by atoms with Crippen LogP contribution >= 0.6 is 23.2 Å². The van der Waals surface area contributed by atoms with Crippen LogP contribution in [0.25, 0.3) is 0 Å². The van der Waals surface area contributed by atoms with Gasteiger partial charge in [0, 0.05) is 13.0 Å². The van der Waals surface area contributed by atoms with Gasteiger partial charge in [-0.25, -0.2) is 0 Å². The molecule has 0 radical (unpaired) electrons. The second kappa shape index (κ2) is 7.24. The normalized spacial score (nSPS) is 10.1. The highest BCUT2D eigenvalue weighted by molar-refractivity contribution is 6.42. The maximum Gasteiger partial charge on any atom is 0.305 e. The molecule has 0 heterocycles. The maximum atomic E-state index is 11.4. The molecule has 1 rings (SSSR count). The van der Waals surface area contributed by atoms with E-state index in [1.54, 1.807) is 18.2 Å². The predicted molar refractivity (Wildman–Crippen MR) is 70.0 cm³/mol. The van der Waals surface area contributed by atoms with Crippen molar-refractivity contribution in [2.75, 3.05) is 6.54 Å². The molecular formula is C12H13Cl2NO3. The highest BCUT2D eigenvalue weighted by atomic mass is 35.5. The van der Waals surface area contributed by atoms with E-state index in [0.29, 0.717) is 16.5 Å². The number of carbonyl (C=O) groups is 2. The number of carboxylic acids is 1. The van der Waals surface area contributed by atoms with Gasteiger partial charge < -0.3 is 10.4 Å². The highest BCUT2D eigenvalue weighted by Gasteiger charge is 2.07. The van der Waals surface area contributed by atoms with Crippen molar-refractivity contribution < 1.29 is 14.7 Å². The van der Waals surface area contributed by atoms with Gasteiger partial charge in [0.05, 0.1) is 16.5 Å². The number of carboxylic acid groups (broad SMARTS) is 1. The van der Waals surface area contributed by atoms with E-state index >= 15 is 0 Å². The SMILES string of the molecule is O=C(O)CCNC(=O)CCc1cccc(Cl)c1Cl. The van der Waals surface area contributed by atoms with Gasteiger partial charge in [-0.1, -0.05) is 35.3 Å². The molecule has 0 aromatic heterocycles. The fourth-order valence-corrected chi connectivity index (χ4v) is 1.80. The molecule has 98 valence electrons. The van der Waals surface area contributed by atoms with Crippen molar-refractivity contribution in [3.63, 3.8) is 0 Å². The summed E-state index contributed by atoms with van der Waals surface area (Å²) in [4.78, 5) is 21.7. The van der Waals surface area contributed by atoms with Crippen LogP contribution in [-0.2, 0) is 16.0 Å². The minimum absolute atomic E-state index is 0.0797. The average molecular weight is 290 g/mol. The molecule has 0 bridgehead atoms. The number of halogens is 2. The van der Waals surface area contributed by atoms with Crippen LogP contribution in [-0.4, -0.2) is 23.5 Å². The smallest absolute Gasteiger partial charge is 0.305 e. The van der Waals surface area contributed by atoms with E-state index in [2.05, 4.69) is 5.32 Å². The lowest BCUT2D eigenvalue weighted by Gasteiger charge is -2.06. The fourth-order valence-electron chi connectivity index (χ4n) is 1.39. The van der Waals surface area contributed by atoms with E-state index in [1.807, 2.05) is 0 Å². The average Bonchev–Trinajstić information content (AvgIpc) is 2.30. The van der Waals surface area contributed by atoms with E-state index in [4.69, 9.17) is 28.3 Å². The first-order chi connectivity index (χ1) is 8.50. The largest absolute Gasteiger partial charge is 0.481 e. The molecule has 0 saturated heterocycles. The summed E-state index contributed by atoms with van der Waals surface area (Å²) in [6.07, 6.45) is 0.641. The van der Waals surface area contributed by atoms with Crippen molar-refractivity contribution in [1.29, 1.82) is 0 Å². The zero-order chi connectivity index (χ0) is 13.5. The van der Waals surface area contributed by atoms with Crippen LogP contribution in [0.1, 0.15) is 18.4 Å². The third kappa shape index (κ3) is 4.94. The standard InChI is InChI=1S/C12H13Cl2NO3/c13-9-3-1-2-8(12(9)14)4-5-10(16)15-7-6-11(17)18/h1-3H,4-7H2,(H,15,16)(H,17,18). The van der Waals surface area contributed by atoms with Crippen LogP contribution in [0.5, 0.6) is 0 Å². The minimum Gasteiger partial charge on any atom is -0.481 e. The second-order valence-electron chi connectivity index (χ2n) is 3.71. The molecule has 1 amide bonds. The van der Waals surface area contributed by atoms with Gasteiger partial charge in [0.15, 0.2) is 0 Å². The molecule has 6 heteroatoms. The number of carbonyl (C=O) groups excluding carboxylic acids is 1. The Labute approximate surface area is 115 Å². The molecule has 0 aliphatic heterocycles. The molecule has 0 fully saturated rings. The van der Waals surface area contributed by atoms with Crippen LogP contribution < -0.4 is 5.32 Å². The lowest BCUT2D eigenvalue weighted by atomic mass is 10.1. The first-order valence-electron chi connectivity index (χ1n) is 5.42. The Morgan fingerprint density at radius 3 is 2.61 bits per heavy atom. The number of aryl methyl sites for hydroxylation is 1. The summed E-state index contributed by atoms with van der Waals surface area (Å²) in [6.45, 7) is 0.136. The first-order valence-corrected chi connectivity index (χ1v) is 6.17. The second-order valence-corrected chi connectivity index (χ2v) is 4.49. The number of rotatable bonds is 6. The quantitative estimate of drug-likeness (QED) is 0.846. The van der Waals surface area contributed by atoms with Crippen LogP contribution in [0.15, 0.2) is 18.2 Å². The molecule has 1 aromatic rings. The lowest BCUT2D eigenvalue weighted by Crippen LogP contribution is -2.26. The van der Waals surface area contributed by atoms with E-state index in [0.717, 1.165) is 5.56 Å². The molecule has 4 nitrogen and oxygen atoms in total. The summed E-state index contributed by atoms with van der Waals surface area (Å²) in [7, 11) is 0. The monoisotopic (exact) mass is 289 g/mol. The summed E-state index contributed by atoms with van der Waals surface area (Å²) < 4.78 is 0. The van der Waals surface area contributed by atoms with E-state index in [-0.39, 0.29) is 25.3 Å². The van der Waals surface area contributed by atoms with Gasteiger partial charge in [-0.05, 0) is 18.1 Å². The minimum atomic E-state index is -0.937. The number of hydrogen-bond donors (Lipinski definition) is 2. The van der Waals surface area contributed by atoms with Gasteiger partial charge in [-0.3, -0.25) is 9.59 Å². The predicted octanol–water partition coefficient (Wildman–Crippen LogP) is 2.52. The molecule has 0 atom stereocenters. The number of aliphatic carboxylic acids is 1. The molecule has 1 aromatic carbocycles. The number of hydrogen-bond acceptors (Lipinski definition) is 2. The molecular weight excluding hydrogens is 277 g/mol. The maximum absolute atomic E-state index is 11.4.